The van der Waals surface area contributed by atoms with Crippen LogP contribution in [0.1, 0.15) is 16.2 Å². The van der Waals surface area contributed by atoms with Crippen LogP contribution in [0.25, 0.3) is 11.3 Å². The number of carbonyl (C=O) groups excluding carboxylic acids is 1. The van der Waals surface area contributed by atoms with Crippen LogP contribution in [0.4, 0.5) is 11.8 Å². The van der Waals surface area contributed by atoms with E-state index >= 15 is 0 Å². The van der Waals surface area contributed by atoms with Gasteiger partial charge in [0.1, 0.15) is 11.6 Å². The van der Waals surface area contributed by atoms with Gasteiger partial charge in [-0.2, -0.15) is 4.98 Å². The van der Waals surface area contributed by atoms with Crippen LogP contribution in [0.3, 0.4) is 0 Å². The second-order valence-electron chi connectivity index (χ2n) is 6.23. The molecule has 2 heterocycles. The number of hydrogen-bond acceptors (Lipinski definition) is 7. The van der Waals surface area contributed by atoms with Gasteiger partial charge in [-0.3, -0.25) is 4.79 Å². The SMILES string of the molecule is CNc1cc(-c2cccc(C(=O)N(CCO)Cc3nccn3C)c2)nc(N)n1. The summed E-state index contributed by atoms with van der Waals surface area (Å²) >= 11 is 0. The molecule has 2 aromatic heterocycles. The first-order valence-electron chi connectivity index (χ1n) is 8.81. The van der Waals surface area contributed by atoms with Gasteiger partial charge in [-0.1, -0.05) is 12.1 Å². The molecule has 9 nitrogen and oxygen atoms in total. The van der Waals surface area contributed by atoms with Crippen molar-refractivity contribution in [2.45, 2.75) is 6.54 Å². The van der Waals surface area contributed by atoms with Crippen LogP contribution >= 0.6 is 0 Å². The molecule has 0 unspecified atom stereocenters. The summed E-state index contributed by atoms with van der Waals surface area (Å²) in [6.07, 6.45) is 3.49. The van der Waals surface area contributed by atoms with Gasteiger partial charge in [-0.15, -0.1) is 0 Å². The van der Waals surface area contributed by atoms with E-state index in [2.05, 4.69) is 20.3 Å². The smallest absolute Gasteiger partial charge is 0.254 e. The van der Waals surface area contributed by atoms with Gasteiger partial charge in [-0.25, -0.2) is 9.97 Å². The zero-order chi connectivity index (χ0) is 20.1. The number of nitrogens with one attached hydrogen (secondary N) is 1. The molecule has 0 spiro atoms. The predicted octanol–water partition coefficient (Wildman–Crippen LogP) is 1.14. The maximum Gasteiger partial charge on any atom is 0.254 e. The van der Waals surface area contributed by atoms with Gasteiger partial charge < -0.3 is 25.6 Å². The number of aromatic nitrogens is 4. The summed E-state index contributed by atoms with van der Waals surface area (Å²) in [6, 6.07) is 8.90. The molecule has 0 aliphatic heterocycles. The number of aliphatic hydroxyl groups is 1. The molecule has 9 heteroatoms. The Hall–Kier alpha value is -3.46. The topological polar surface area (TPSA) is 122 Å². The largest absolute Gasteiger partial charge is 0.395 e. The van der Waals surface area contributed by atoms with E-state index in [1.54, 1.807) is 42.4 Å². The van der Waals surface area contributed by atoms with E-state index in [-0.39, 0.29) is 25.0 Å². The first kappa shape index (κ1) is 19.3. The summed E-state index contributed by atoms with van der Waals surface area (Å²) in [6.45, 7) is 0.377. The number of aliphatic hydroxyl groups excluding tert-OH is 1. The minimum absolute atomic E-state index is 0.135. The molecule has 0 aliphatic rings. The normalized spacial score (nSPS) is 10.7. The van der Waals surface area contributed by atoms with Gasteiger partial charge in [0.15, 0.2) is 0 Å². The van der Waals surface area contributed by atoms with Gasteiger partial charge >= 0.3 is 0 Å². The van der Waals surface area contributed by atoms with Crippen LogP contribution in [-0.4, -0.2) is 55.6 Å². The molecule has 0 saturated carbocycles. The Morgan fingerprint density at radius 1 is 1.32 bits per heavy atom. The molecule has 1 aromatic carbocycles. The van der Waals surface area contributed by atoms with Crippen LogP contribution in [0.2, 0.25) is 0 Å². The first-order valence-corrected chi connectivity index (χ1v) is 8.81. The van der Waals surface area contributed by atoms with E-state index in [0.717, 1.165) is 11.4 Å². The highest BCUT2D eigenvalue weighted by atomic mass is 16.3. The maximum absolute atomic E-state index is 13.1. The van der Waals surface area contributed by atoms with Crippen LogP contribution < -0.4 is 11.1 Å². The molecular formula is C19H23N7O2. The Balaban J connectivity index is 1.90. The number of aryl methyl sites for hydroxylation is 1. The van der Waals surface area contributed by atoms with Gasteiger partial charge in [0.2, 0.25) is 5.95 Å². The standard InChI is InChI=1S/C19H23N7O2/c1-21-16-11-15(23-19(20)24-16)13-4-3-5-14(10-13)18(28)26(8-9-27)12-17-22-6-7-25(17)2/h3-7,10-11,27H,8-9,12H2,1-2H3,(H3,20,21,23,24). The molecule has 3 aromatic rings. The number of rotatable bonds is 7. The highest BCUT2D eigenvalue weighted by Crippen LogP contribution is 2.22. The lowest BCUT2D eigenvalue weighted by atomic mass is 10.1. The summed E-state index contributed by atoms with van der Waals surface area (Å²) in [4.78, 5) is 27.2. The van der Waals surface area contributed by atoms with E-state index in [1.807, 2.05) is 23.9 Å². The second-order valence-corrected chi connectivity index (χ2v) is 6.23. The Morgan fingerprint density at radius 3 is 2.82 bits per heavy atom. The minimum Gasteiger partial charge on any atom is -0.395 e. The van der Waals surface area contributed by atoms with E-state index in [9.17, 15) is 9.90 Å². The molecule has 0 atom stereocenters. The van der Waals surface area contributed by atoms with E-state index < -0.39 is 0 Å². The van der Waals surface area contributed by atoms with Gasteiger partial charge in [0, 0.05) is 50.2 Å². The van der Waals surface area contributed by atoms with Crippen molar-refractivity contribution in [3.8, 4) is 11.3 Å². The van der Waals surface area contributed by atoms with E-state index in [0.29, 0.717) is 23.6 Å². The molecule has 4 N–H and O–H groups in total. The summed E-state index contributed by atoms with van der Waals surface area (Å²) < 4.78 is 1.84. The molecule has 0 aliphatic carbocycles. The quantitative estimate of drug-likeness (QED) is 0.561. The molecule has 0 saturated heterocycles. The molecule has 0 fully saturated rings. The van der Waals surface area contributed by atoms with Crippen molar-refractivity contribution in [1.82, 2.24) is 24.4 Å². The number of anilines is 2. The number of imidazole rings is 1. The molecule has 0 bridgehead atoms. The molecule has 0 radical (unpaired) electrons. The summed E-state index contributed by atoms with van der Waals surface area (Å²) in [5, 5.41) is 12.3. The fourth-order valence-electron chi connectivity index (χ4n) is 2.83. The molecule has 146 valence electrons. The minimum atomic E-state index is -0.199. The Labute approximate surface area is 162 Å². The number of nitrogens with zero attached hydrogens (tertiary/aromatic N) is 5. The zero-order valence-electron chi connectivity index (χ0n) is 15.8. The second kappa shape index (κ2) is 8.49. The summed E-state index contributed by atoms with van der Waals surface area (Å²) in [5.41, 5.74) is 7.63. The number of carbonyl (C=O) groups is 1. The maximum atomic E-state index is 13.1. The third kappa shape index (κ3) is 4.26. The lowest BCUT2D eigenvalue weighted by Crippen LogP contribution is -2.34. The number of hydrogen-bond donors (Lipinski definition) is 3. The zero-order valence-corrected chi connectivity index (χ0v) is 15.8. The lowest BCUT2D eigenvalue weighted by molar-refractivity contribution is 0.0701. The van der Waals surface area contributed by atoms with Gasteiger partial charge in [-0.05, 0) is 12.1 Å². The van der Waals surface area contributed by atoms with Crippen molar-refractivity contribution in [2.24, 2.45) is 7.05 Å². The molecule has 1 amide bonds. The monoisotopic (exact) mass is 381 g/mol. The van der Waals surface area contributed by atoms with Crippen molar-refractivity contribution in [3.05, 3.63) is 54.1 Å². The Bertz CT molecular complexity index is 970. The number of amides is 1. The van der Waals surface area contributed by atoms with Crippen molar-refractivity contribution < 1.29 is 9.90 Å². The fourth-order valence-corrected chi connectivity index (χ4v) is 2.83. The molecular weight excluding hydrogens is 358 g/mol. The number of nitrogen functional groups attached to an aromatic ring is 1. The average Bonchev–Trinajstić information content (AvgIpc) is 3.11. The van der Waals surface area contributed by atoms with Crippen molar-refractivity contribution >= 4 is 17.7 Å². The molecule has 3 rings (SSSR count). The Morgan fingerprint density at radius 2 is 2.14 bits per heavy atom. The highest BCUT2D eigenvalue weighted by molar-refractivity contribution is 5.95. The van der Waals surface area contributed by atoms with Crippen molar-refractivity contribution in [2.75, 3.05) is 31.2 Å². The lowest BCUT2D eigenvalue weighted by Gasteiger charge is -2.22. The van der Waals surface area contributed by atoms with Crippen molar-refractivity contribution in [3.63, 3.8) is 0 Å². The first-order chi connectivity index (χ1) is 13.5. The van der Waals surface area contributed by atoms with Crippen LogP contribution in [-0.2, 0) is 13.6 Å². The van der Waals surface area contributed by atoms with E-state index in [4.69, 9.17) is 5.73 Å². The highest BCUT2D eigenvalue weighted by Gasteiger charge is 2.18. The Kier molecular flexibility index (Phi) is 5.85. The third-order valence-electron chi connectivity index (χ3n) is 4.32. The van der Waals surface area contributed by atoms with Crippen LogP contribution in [0, 0.1) is 0 Å². The predicted molar refractivity (Wildman–Crippen MR) is 106 cm³/mol. The third-order valence-corrected chi connectivity index (χ3v) is 4.32. The fraction of sp³-hybridized carbons (Fsp3) is 0.263. The van der Waals surface area contributed by atoms with Gasteiger partial charge in [0.25, 0.3) is 5.91 Å². The van der Waals surface area contributed by atoms with Crippen LogP contribution in [0.5, 0.6) is 0 Å². The van der Waals surface area contributed by atoms with Gasteiger partial charge in [0.05, 0.1) is 18.8 Å². The van der Waals surface area contributed by atoms with Crippen LogP contribution in [0.15, 0.2) is 42.7 Å². The number of nitrogens with two attached hydrogens (primary N) is 1. The molecule has 28 heavy (non-hydrogen) atoms. The summed E-state index contributed by atoms with van der Waals surface area (Å²) in [5.74, 6) is 1.28. The van der Waals surface area contributed by atoms with Crippen molar-refractivity contribution in [1.29, 1.82) is 0 Å². The van der Waals surface area contributed by atoms with E-state index in [1.165, 1.54) is 0 Å². The number of benzene rings is 1. The average molecular weight is 381 g/mol. The summed E-state index contributed by atoms with van der Waals surface area (Å²) in [7, 11) is 3.61.